The van der Waals surface area contributed by atoms with Crippen LogP contribution in [0, 0.1) is 11.3 Å². The molecule has 28 heavy (non-hydrogen) atoms. The van der Waals surface area contributed by atoms with Crippen molar-refractivity contribution in [2.75, 3.05) is 0 Å². The van der Waals surface area contributed by atoms with E-state index in [1.807, 2.05) is 18.2 Å². The van der Waals surface area contributed by atoms with Crippen LogP contribution in [-0.4, -0.2) is 25.8 Å². The molecule has 0 saturated heterocycles. The Hall–Kier alpha value is -2.78. The third kappa shape index (κ3) is 3.76. The molecular formula is C22H23N3O2S. The molecule has 0 aliphatic heterocycles. The molecule has 0 aliphatic rings. The van der Waals surface area contributed by atoms with Gasteiger partial charge in [0.05, 0.1) is 17.3 Å². The molecule has 3 aromatic rings. The van der Waals surface area contributed by atoms with Gasteiger partial charge < -0.3 is 10.1 Å². The standard InChI is InChI=1S/C22H23N3O2S/c1-21(2,3)14-8-6-7-13(9-14)17-10-15-16(11-23)19(24-12-18(15)25-17)28-22(4,5)20(26)27/h6-10,12,25H,1-5H3,(H,26,27). The fourth-order valence-corrected chi connectivity index (χ4v) is 3.80. The van der Waals surface area contributed by atoms with Gasteiger partial charge in [0.15, 0.2) is 0 Å². The smallest absolute Gasteiger partial charge is 0.319 e. The van der Waals surface area contributed by atoms with Crippen LogP contribution in [0.4, 0.5) is 0 Å². The second-order valence-electron chi connectivity index (χ2n) is 8.31. The monoisotopic (exact) mass is 393 g/mol. The molecule has 0 saturated carbocycles. The van der Waals surface area contributed by atoms with E-state index in [4.69, 9.17) is 0 Å². The number of hydrogen-bond acceptors (Lipinski definition) is 4. The van der Waals surface area contributed by atoms with Crippen LogP contribution in [0.1, 0.15) is 45.7 Å². The molecule has 0 spiro atoms. The lowest BCUT2D eigenvalue weighted by Crippen LogP contribution is -2.27. The number of thioether (sulfide) groups is 1. The maximum absolute atomic E-state index is 11.5. The lowest BCUT2D eigenvalue weighted by Gasteiger charge is -2.19. The first-order valence-corrected chi connectivity index (χ1v) is 9.80. The topological polar surface area (TPSA) is 89.8 Å². The Morgan fingerprint density at radius 3 is 2.54 bits per heavy atom. The summed E-state index contributed by atoms with van der Waals surface area (Å²) in [5, 5.41) is 20.3. The van der Waals surface area contributed by atoms with Gasteiger partial charge in [0.2, 0.25) is 0 Å². The van der Waals surface area contributed by atoms with E-state index in [1.54, 1.807) is 20.0 Å². The number of aromatic nitrogens is 2. The van der Waals surface area contributed by atoms with Crippen LogP contribution < -0.4 is 0 Å². The SMILES string of the molecule is CC(C)(Sc1ncc2[nH]c(-c3cccc(C(C)(C)C)c3)cc2c1C#N)C(=O)O. The summed E-state index contributed by atoms with van der Waals surface area (Å²) in [6.07, 6.45) is 1.66. The second-order valence-corrected chi connectivity index (χ2v) is 9.92. The highest BCUT2D eigenvalue weighted by Gasteiger charge is 2.31. The number of carboxylic acid groups (broad SMARTS) is 1. The average molecular weight is 394 g/mol. The van der Waals surface area contributed by atoms with Crippen LogP contribution >= 0.6 is 11.8 Å². The lowest BCUT2D eigenvalue weighted by molar-refractivity contribution is -0.138. The number of hydrogen-bond donors (Lipinski definition) is 2. The Balaban J connectivity index is 2.10. The summed E-state index contributed by atoms with van der Waals surface area (Å²) in [4.78, 5) is 19.1. The maximum Gasteiger partial charge on any atom is 0.319 e. The first-order valence-electron chi connectivity index (χ1n) is 8.98. The number of carboxylic acids is 1. The molecule has 0 amide bonds. The van der Waals surface area contributed by atoms with E-state index in [0.29, 0.717) is 10.6 Å². The molecule has 1 aromatic carbocycles. The summed E-state index contributed by atoms with van der Waals surface area (Å²) < 4.78 is -1.08. The number of nitrogens with zero attached hydrogens (tertiary/aromatic N) is 2. The minimum Gasteiger partial charge on any atom is -0.480 e. The summed E-state index contributed by atoms with van der Waals surface area (Å²) in [5.74, 6) is -0.947. The highest BCUT2D eigenvalue weighted by Crippen LogP contribution is 2.37. The quantitative estimate of drug-likeness (QED) is 0.583. The fraction of sp³-hybridized carbons (Fsp3) is 0.318. The van der Waals surface area contributed by atoms with E-state index < -0.39 is 10.7 Å². The molecule has 0 fully saturated rings. The van der Waals surface area contributed by atoms with E-state index in [0.717, 1.165) is 33.9 Å². The number of carbonyl (C=O) groups is 1. The first kappa shape index (κ1) is 20.0. The van der Waals surface area contributed by atoms with Crippen molar-refractivity contribution in [1.82, 2.24) is 9.97 Å². The first-order chi connectivity index (χ1) is 13.0. The van der Waals surface area contributed by atoms with Crippen LogP contribution in [-0.2, 0) is 10.2 Å². The zero-order valence-electron chi connectivity index (χ0n) is 16.6. The van der Waals surface area contributed by atoms with Gasteiger partial charge in [0, 0.05) is 11.1 Å². The van der Waals surface area contributed by atoms with Gasteiger partial charge in [0.1, 0.15) is 15.8 Å². The molecule has 3 rings (SSSR count). The molecule has 5 nitrogen and oxygen atoms in total. The van der Waals surface area contributed by atoms with Crippen LogP contribution in [0.3, 0.4) is 0 Å². The Kier molecular flexibility index (Phi) is 4.99. The molecule has 0 bridgehead atoms. The number of nitriles is 1. The number of fused-ring (bicyclic) bond motifs is 1. The molecule has 144 valence electrons. The van der Waals surface area contributed by atoms with Gasteiger partial charge >= 0.3 is 5.97 Å². The Bertz CT molecular complexity index is 1100. The molecular weight excluding hydrogens is 370 g/mol. The van der Waals surface area contributed by atoms with Crippen molar-refractivity contribution >= 4 is 28.6 Å². The maximum atomic E-state index is 11.5. The summed E-state index contributed by atoms with van der Waals surface area (Å²) in [5.41, 5.74) is 4.35. The third-order valence-electron chi connectivity index (χ3n) is 4.66. The predicted octanol–water partition coefficient (Wildman–Crippen LogP) is 5.35. The number of aliphatic carboxylic acids is 1. The van der Waals surface area contributed by atoms with Crippen molar-refractivity contribution in [2.45, 2.75) is 49.8 Å². The van der Waals surface area contributed by atoms with Crippen molar-refractivity contribution in [3.05, 3.63) is 47.7 Å². The molecule has 2 heterocycles. The van der Waals surface area contributed by atoms with Crippen molar-refractivity contribution in [3.63, 3.8) is 0 Å². The Morgan fingerprint density at radius 1 is 1.21 bits per heavy atom. The summed E-state index contributed by atoms with van der Waals surface area (Å²) in [6.45, 7) is 9.72. The highest BCUT2D eigenvalue weighted by atomic mass is 32.2. The van der Waals surface area contributed by atoms with E-state index in [9.17, 15) is 15.2 Å². The van der Waals surface area contributed by atoms with E-state index in [1.165, 1.54) is 5.56 Å². The van der Waals surface area contributed by atoms with E-state index in [2.05, 4.69) is 48.9 Å². The van der Waals surface area contributed by atoms with Gasteiger partial charge in [-0.3, -0.25) is 4.79 Å². The average Bonchev–Trinajstić information content (AvgIpc) is 3.05. The zero-order chi connectivity index (χ0) is 20.7. The second kappa shape index (κ2) is 6.99. The minimum atomic E-state index is -1.08. The number of pyridine rings is 1. The molecule has 6 heteroatoms. The Labute approximate surface area is 168 Å². The molecule has 0 unspecified atom stereocenters. The normalized spacial score (nSPS) is 12.1. The van der Waals surface area contributed by atoms with Crippen molar-refractivity contribution in [3.8, 4) is 17.3 Å². The number of benzene rings is 1. The highest BCUT2D eigenvalue weighted by molar-refractivity contribution is 8.01. The van der Waals surface area contributed by atoms with Gasteiger partial charge in [-0.05, 0) is 42.5 Å². The summed E-state index contributed by atoms with van der Waals surface area (Å²) in [6, 6.07) is 12.5. The van der Waals surface area contributed by atoms with Crippen LogP contribution in [0.25, 0.3) is 22.2 Å². The largest absolute Gasteiger partial charge is 0.480 e. The van der Waals surface area contributed by atoms with Gasteiger partial charge in [-0.2, -0.15) is 5.26 Å². The van der Waals surface area contributed by atoms with Crippen LogP contribution in [0.15, 0.2) is 41.6 Å². The minimum absolute atomic E-state index is 0.0353. The molecule has 2 aromatic heterocycles. The van der Waals surface area contributed by atoms with Crippen LogP contribution in [0.5, 0.6) is 0 Å². The third-order valence-corrected chi connectivity index (χ3v) is 5.85. The Morgan fingerprint density at radius 2 is 1.93 bits per heavy atom. The van der Waals surface area contributed by atoms with Gasteiger partial charge in [-0.1, -0.05) is 50.7 Å². The number of nitrogens with one attached hydrogen (secondary N) is 1. The van der Waals surface area contributed by atoms with Crippen LogP contribution in [0.2, 0.25) is 0 Å². The van der Waals surface area contributed by atoms with Crippen molar-refractivity contribution < 1.29 is 9.90 Å². The van der Waals surface area contributed by atoms with Gasteiger partial charge in [-0.15, -0.1) is 0 Å². The molecule has 0 aliphatic carbocycles. The zero-order valence-corrected chi connectivity index (χ0v) is 17.4. The van der Waals surface area contributed by atoms with Gasteiger partial charge in [-0.25, -0.2) is 4.98 Å². The fourth-order valence-electron chi connectivity index (χ4n) is 2.86. The number of H-pyrrole nitrogens is 1. The van der Waals surface area contributed by atoms with Crippen molar-refractivity contribution in [1.29, 1.82) is 5.26 Å². The molecule has 0 radical (unpaired) electrons. The summed E-state index contributed by atoms with van der Waals surface area (Å²) in [7, 11) is 0. The number of aromatic amines is 1. The summed E-state index contributed by atoms with van der Waals surface area (Å²) >= 11 is 1.08. The van der Waals surface area contributed by atoms with E-state index in [-0.39, 0.29) is 5.41 Å². The van der Waals surface area contributed by atoms with Gasteiger partial charge in [0.25, 0.3) is 0 Å². The van der Waals surface area contributed by atoms with Crippen molar-refractivity contribution in [2.24, 2.45) is 0 Å². The molecule has 2 N–H and O–H groups in total. The lowest BCUT2D eigenvalue weighted by atomic mass is 9.86. The number of rotatable bonds is 4. The predicted molar refractivity (Wildman–Crippen MR) is 113 cm³/mol. The van der Waals surface area contributed by atoms with E-state index >= 15 is 0 Å². The molecule has 0 atom stereocenters.